The number of esters is 1. The number of nitrogens with zero attached hydrogens (tertiary/aromatic N) is 1. The molecule has 106 valence electrons. The Morgan fingerprint density at radius 2 is 2.25 bits per heavy atom. The van der Waals surface area contributed by atoms with Crippen LogP contribution in [-0.2, 0) is 11.3 Å². The molecule has 0 aliphatic rings. The number of nitrogens with one attached hydrogen (secondary N) is 1. The largest absolute Gasteiger partial charge is 0.465 e. The van der Waals surface area contributed by atoms with E-state index in [0.717, 1.165) is 18.1 Å². The third-order valence-corrected chi connectivity index (χ3v) is 3.97. The van der Waals surface area contributed by atoms with Crippen LogP contribution in [-0.4, -0.2) is 18.1 Å². The predicted octanol–water partition coefficient (Wildman–Crippen LogP) is 3.99. The summed E-state index contributed by atoms with van der Waals surface area (Å²) in [6, 6.07) is 2.60. The normalized spacial score (nSPS) is 10.4. The minimum absolute atomic E-state index is 0.0209. The highest BCUT2D eigenvalue weighted by Gasteiger charge is 2.19. The molecule has 0 aliphatic heterocycles. The summed E-state index contributed by atoms with van der Waals surface area (Å²) in [5.41, 5.74) is 0.138. The van der Waals surface area contributed by atoms with Gasteiger partial charge in [-0.2, -0.15) is 0 Å². The zero-order chi connectivity index (χ0) is 14.7. The lowest BCUT2D eigenvalue weighted by atomic mass is 10.2. The summed E-state index contributed by atoms with van der Waals surface area (Å²) in [7, 11) is 1.16. The van der Waals surface area contributed by atoms with Crippen LogP contribution in [0.2, 0.25) is 9.49 Å². The smallest absolute Gasteiger partial charge is 0.342 e. The molecule has 0 spiro atoms. The van der Waals surface area contributed by atoms with Crippen LogP contribution < -0.4 is 5.32 Å². The highest BCUT2D eigenvalue weighted by Crippen LogP contribution is 2.29. The fourth-order valence-electron chi connectivity index (χ4n) is 1.53. The number of halogens is 3. The molecular weight excluding hydrogens is 326 g/mol. The summed E-state index contributed by atoms with van der Waals surface area (Å²) < 4.78 is 18.5. The zero-order valence-corrected chi connectivity index (χ0v) is 12.6. The SMILES string of the molecule is COC(=O)c1c(F)ccc(NCc2cnc(Cl)s2)c1Cl. The molecule has 2 rings (SSSR count). The molecule has 0 saturated carbocycles. The van der Waals surface area contributed by atoms with Crippen molar-refractivity contribution in [3.8, 4) is 0 Å². The lowest BCUT2D eigenvalue weighted by molar-refractivity contribution is 0.0596. The molecule has 1 N–H and O–H groups in total. The van der Waals surface area contributed by atoms with Gasteiger partial charge in [0.25, 0.3) is 0 Å². The number of carbonyl (C=O) groups is 1. The van der Waals surface area contributed by atoms with Gasteiger partial charge in [-0.05, 0) is 12.1 Å². The third kappa shape index (κ3) is 3.20. The fraction of sp³-hybridized carbons (Fsp3) is 0.167. The van der Waals surface area contributed by atoms with Crippen LogP contribution in [0, 0.1) is 5.82 Å². The minimum atomic E-state index is -0.822. The summed E-state index contributed by atoms with van der Waals surface area (Å²) in [4.78, 5) is 16.3. The van der Waals surface area contributed by atoms with Crippen molar-refractivity contribution in [2.45, 2.75) is 6.54 Å². The number of thiazole rings is 1. The van der Waals surface area contributed by atoms with E-state index in [4.69, 9.17) is 23.2 Å². The van der Waals surface area contributed by atoms with E-state index in [1.165, 1.54) is 17.4 Å². The summed E-state index contributed by atoms with van der Waals surface area (Å²) in [6.45, 7) is 0.413. The van der Waals surface area contributed by atoms with Gasteiger partial charge >= 0.3 is 5.97 Å². The molecule has 0 bridgehead atoms. The van der Waals surface area contributed by atoms with Gasteiger partial charge < -0.3 is 10.1 Å². The molecule has 8 heteroatoms. The van der Waals surface area contributed by atoms with E-state index in [1.54, 1.807) is 6.20 Å². The van der Waals surface area contributed by atoms with Gasteiger partial charge in [-0.25, -0.2) is 14.2 Å². The molecule has 0 aliphatic carbocycles. The van der Waals surface area contributed by atoms with Gasteiger partial charge in [-0.3, -0.25) is 0 Å². The molecule has 1 heterocycles. The molecule has 1 aromatic carbocycles. The van der Waals surface area contributed by atoms with E-state index in [2.05, 4.69) is 15.0 Å². The van der Waals surface area contributed by atoms with Gasteiger partial charge in [0.1, 0.15) is 11.4 Å². The minimum Gasteiger partial charge on any atom is -0.465 e. The van der Waals surface area contributed by atoms with E-state index in [-0.39, 0.29) is 10.6 Å². The van der Waals surface area contributed by atoms with Crippen molar-refractivity contribution < 1.29 is 13.9 Å². The number of benzene rings is 1. The molecule has 0 saturated heterocycles. The third-order valence-electron chi connectivity index (χ3n) is 2.46. The molecule has 2 aromatic rings. The summed E-state index contributed by atoms with van der Waals surface area (Å²) in [5.74, 6) is -1.55. The highest BCUT2D eigenvalue weighted by atomic mass is 35.5. The van der Waals surface area contributed by atoms with Crippen LogP contribution in [0.15, 0.2) is 18.3 Å². The molecule has 0 radical (unpaired) electrons. The Labute approximate surface area is 128 Å². The van der Waals surface area contributed by atoms with Crippen molar-refractivity contribution in [2.75, 3.05) is 12.4 Å². The first kappa shape index (κ1) is 15.0. The Morgan fingerprint density at radius 1 is 1.50 bits per heavy atom. The fourth-order valence-corrected chi connectivity index (χ4v) is 2.74. The van der Waals surface area contributed by atoms with Crippen LogP contribution in [0.3, 0.4) is 0 Å². The molecule has 0 amide bonds. The predicted molar refractivity (Wildman–Crippen MR) is 77.2 cm³/mol. The maximum Gasteiger partial charge on any atom is 0.342 e. The lowest BCUT2D eigenvalue weighted by Gasteiger charge is -2.10. The number of anilines is 1. The molecular formula is C12H9Cl2FN2O2S. The van der Waals surface area contributed by atoms with Crippen molar-refractivity contribution in [1.82, 2.24) is 4.98 Å². The molecule has 0 atom stereocenters. The number of ether oxygens (including phenoxy) is 1. The number of hydrogen-bond acceptors (Lipinski definition) is 5. The van der Waals surface area contributed by atoms with Crippen LogP contribution >= 0.6 is 34.5 Å². The second-order valence-corrected chi connectivity index (χ2v) is 5.78. The van der Waals surface area contributed by atoms with Gasteiger partial charge in [0.2, 0.25) is 0 Å². The van der Waals surface area contributed by atoms with Crippen LogP contribution in [0.25, 0.3) is 0 Å². The first-order chi connectivity index (χ1) is 9.52. The van der Waals surface area contributed by atoms with Gasteiger partial charge in [-0.1, -0.05) is 23.2 Å². The summed E-state index contributed by atoms with van der Waals surface area (Å²) in [6.07, 6.45) is 1.62. The van der Waals surface area contributed by atoms with Gasteiger partial charge in [-0.15, -0.1) is 11.3 Å². The van der Waals surface area contributed by atoms with Crippen molar-refractivity contribution >= 4 is 46.2 Å². The van der Waals surface area contributed by atoms with E-state index in [1.807, 2.05) is 0 Å². The second-order valence-electron chi connectivity index (χ2n) is 3.71. The van der Waals surface area contributed by atoms with Gasteiger partial charge in [0, 0.05) is 11.1 Å². The van der Waals surface area contributed by atoms with E-state index >= 15 is 0 Å². The number of hydrogen-bond donors (Lipinski definition) is 1. The van der Waals surface area contributed by atoms with Crippen molar-refractivity contribution in [1.29, 1.82) is 0 Å². The van der Waals surface area contributed by atoms with E-state index < -0.39 is 11.8 Å². The molecule has 20 heavy (non-hydrogen) atoms. The Hall–Kier alpha value is -1.37. The molecule has 0 unspecified atom stereocenters. The van der Waals surface area contributed by atoms with Crippen molar-refractivity contribution in [3.05, 3.63) is 44.1 Å². The summed E-state index contributed by atoms with van der Waals surface area (Å²) in [5, 5.41) is 2.97. The Morgan fingerprint density at radius 3 is 2.85 bits per heavy atom. The van der Waals surface area contributed by atoms with Crippen LogP contribution in [0.1, 0.15) is 15.2 Å². The lowest BCUT2D eigenvalue weighted by Crippen LogP contribution is -2.08. The monoisotopic (exact) mass is 334 g/mol. The standard InChI is InChI=1S/C12H9Cl2FN2O2S/c1-19-11(18)9-7(15)2-3-8(10(9)13)16-4-6-5-17-12(14)20-6/h2-3,5,16H,4H2,1H3. The average molecular weight is 335 g/mol. The Kier molecular flexibility index (Phi) is 4.80. The van der Waals surface area contributed by atoms with Gasteiger partial charge in [0.15, 0.2) is 4.47 Å². The Bertz CT molecular complexity index is 648. The zero-order valence-electron chi connectivity index (χ0n) is 10.2. The number of aromatic nitrogens is 1. The molecule has 1 aromatic heterocycles. The van der Waals surface area contributed by atoms with E-state index in [9.17, 15) is 9.18 Å². The topological polar surface area (TPSA) is 51.2 Å². The van der Waals surface area contributed by atoms with Crippen molar-refractivity contribution in [2.24, 2.45) is 0 Å². The maximum absolute atomic E-state index is 13.6. The first-order valence-electron chi connectivity index (χ1n) is 5.43. The molecule has 4 nitrogen and oxygen atoms in total. The highest BCUT2D eigenvalue weighted by molar-refractivity contribution is 7.15. The Balaban J connectivity index is 2.22. The quantitative estimate of drug-likeness (QED) is 0.859. The van der Waals surface area contributed by atoms with E-state index in [0.29, 0.717) is 16.7 Å². The van der Waals surface area contributed by atoms with Crippen LogP contribution in [0.5, 0.6) is 0 Å². The summed E-state index contributed by atoms with van der Waals surface area (Å²) >= 11 is 13.1. The first-order valence-corrected chi connectivity index (χ1v) is 7.00. The van der Waals surface area contributed by atoms with Gasteiger partial charge in [0.05, 0.1) is 24.4 Å². The average Bonchev–Trinajstić information content (AvgIpc) is 2.83. The van der Waals surface area contributed by atoms with Crippen LogP contribution in [0.4, 0.5) is 10.1 Å². The number of rotatable bonds is 4. The second kappa shape index (κ2) is 6.39. The number of methoxy groups -OCH3 is 1. The molecule has 0 fully saturated rings. The maximum atomic E-state index is 13.6. The van der Waals surface area contributed by atoms with Crippen molar-refractivity contribution in [3.63, 3.8) is 0 Å². The number of carbonyl (C=O) groups excluding carboxylic acids is 1.